The van der Waals surface area contributed by atoms with Crippen LogP contribution in [0, 0.1) is 5.92 Å². The molecular formula is C15H32N2O. The molecule has 1 saturated heterocycles. The van der Waals surface area contributed by atoms with Crippen LogP contribution >= 0.6 is 0 Å². The minimum Gasteiger partial charge on any atom is -0.394 e. The van der Waals surface area contributed by atoms with Crippen LogP contribution in [-0.2, 0) is 0 Å². The molecule has 2 unspecified atom stereocenters. The molecule has 0 saturated carbocycles. The molecule has 0 aromatic rings. The SMILES string of the molecule is CNC(C)(CO)CCCCN1CCCC1C(C)C. The third-order valence-electron chi connectivity index (χ3n) is 4.56. The maximum Gasteiger partial charge on any atom is 0.0610 e. The van der Waals surface area contributed by atoms with Crippen molar-refractivity contribution >= 4 is 0 Å². The van der Waals surface area contributed by atoms with Crippen molar-refractivity contribution in [2.45, 2.75) is 64.5 Å². The van der Waals surface area contributed by atoms with Crippen LogP contribution in [-0.4, -0.2) is 48.3 Å². The van der Waals surface area contributed by atoms with E-state index in [1.807, 2.05) is 7.05 Å². The monoisotopic (exact) mass is 256 g/mol. The number of likely N-dealkylation sites (N-methyl/N-ethyl adjacent to an activating group) is 1. The summed E-state index contributed by atoms with van der Waals surface area (Å²) >= 11 is 0. The van der Waals surface area contributed by atoms with Crippen LogP contribution in [0.25, 0.3) is 0 Å². The van der Waals surface area contributed by atoms with Gasteiger partial charge in [0.15, 0.2) is 0 Å². The molecule has 2 atom stereocenters. The zero-order chi connectivity index (χ0) is 13.6. The Morgan fingerprint density at radius 1 is 1.39 bits per heavy atom. The molecule has 3 heteroatoms. The van der Waals surface area contributed by atoms with Crippen molar-refractivity contribution in [2.75, 3.05) is 26.7 Å². The molecule has 18 heavy (non-hydrogen) atoms. The van der Waals surface area contributed by atoms with Gasteiger partial charge in [0.1, 0.15) is 0 Å². The summed E-state index contributed by atoms with van der Waals surface area (Å²) in [4.78, 5) is 2.67. The van der Waals surface area contributed by atoms with E-state index in [2.05, 4.69) is 31.0 Å². The van der Waals surface area contributed by atoms with Crippen LogP contribution < -0.4 is 5.32 Å². The fourth-order valence-electron chi connectivity index (χ4n) is 3.00. The second kappa shape index (κ2) is 7.46. The van der Waals surface area contributed by atoms with Gasteiger partial charge in [0.05, 0.1) is 6.61 Å². The number of rotatable bonds is 8. The highest BCUT2D eigenvalue weighted by molar-refractivity contribution is 4.83. The third kappa shape index (κ3) is 4.52. The van der Waals surface area contributed by atoms with Gasteiger partial charge in [-0.15, -0.1) is 0 Å². The quantitative estimate of drug-likeness (QED) is 0.654. The Morgan fingerprint density at radius 3 is 2.67 bits per heavy atom. The number of nitrogens with one attached hydrogen (secondary N) is 1. The number of aliphatic hydroxyl groups excluding tert-OH is 1. The summed E-state index contributed by atoms with van der Waals surface area (Å²) in [6, 6.07) is 0.804. The summed E-state index contributed by atoms with van der Waals surface area (Å²) in [6.45, 7) is 9.52. The Bertz CT molecular complexity index is 227. The van der Waals surface area contributed by atoms with E-state index in [1.54, 1.807) is 0 Å². The molecule has 108 valence electrons. The standard InChI is InChI=1S/C15H32N2O/c1-13(2)14-8-7-11-17(14)10-6-5-9-15(3,12-18)16-4/h13-14,16,18H,5-12H2,1-4H3. The highest BCUT2D eigenvalue weighted by Gasteiger charge is 2.26. The summed E-state index contributed by atoms with van der Waals surface area (Å²) in [7, 11) is 1.94. The van der Waals surface area contributed by atoms with E-state index in [0.29, 0.717) is 0 Å². The molecule has 2 N–H and O–H groups in total. The fraction of sp³-hybridized carbons (Fsp3) is 1.00. The van der Waals surface area contributed by atoms with Crippen molar-refractivity contribution in [3.8, 4) is 0 Å². The first kappa shape index (κ1) is 15.9. The molecule has 1 heterocycles. The van der Waals surface area contributed by atoms with E-state index >= 15 is 0 Å². The molecule has 0 bridgehead atoms. The molecule has 0 aromatic carbocycles. The maximum atomic E-state index is 9.34. The predicted octanol–water partition coefficient (Wildman–Crippen LogP) is 2.25. The van der Waals surface area contributed by atoms with E-state index in [1.165, 1.54) is 38.8 Å². The Hall–Kier alpha value is -0.120. The van der Waals surface area contributed by atoms with Crippen molar-refractivity contribution in [3.05, 3.63) is 0 Å². The van der Waals surface area contributed by atoms with Crippen LogP contribution in [0.2, 0.25) is 0 Å². The molecule has 0 spiro atoms. The summed E-state index contributed by atoms with van der Waals surface area (Å²) < 4.78 is 0. The van der Waals surface area contributed by atoms with Gasteiger partial charge in [0.25, 0.3) is 0 Å². The Morgan fingerprint density at radius 2 is 2.11 bits per heavy atom. The average Bonchev–Trinajstić information content (AvgIpc) is 2.83. The lowest BCUT2D eigenvalue weighted by molar-refractivity contribution is 0.164. The topological polar surface area (TPSA) is 35.5 Å². The van der Waals surface area contributed by atoms with Gasteiger partial charge in [-0.1, -0.05) is 20.3 Å². The minimum absolute atomic E-state index is 0.0948. The lowest BCUT2D eigenvalue weighted by Gasteiger charge is -2.29. The molecule has 1 fully saturated rings. The van der Waals surface area contributed by atoms with Gasteiger partial charge in [0, 0.05) is 11.6 Å². The van der Waals surface area contributed by atoms with E-state index in [9.17, 15) is 5.11 Å². The first-order chi connectivity index (χ1) is 8.52. The average molecular weight is 256 g/mol. The summed E-state index contributed by atoms with van der Waals surface area (Å²) in [5.74, 6) is 0.785. The number of hydrogen-bond acceptors (Lipinski definition) is 3. The van der Waals surface area contributed by atoms with E-state index in [0.717, 1.165) is 18.4 Å². The molecule has 1 aliphatic rings. The Labute approximate surface area is 113 Å². The highest BCUT2D eigenvalue weighted by Crippen LogP contribution is 2.24. The lowest BCUT2D eigenvalue weighted by atomic mass is 9.96. The van der Waals surface area contributed by atoms with Gasteiger partial charge >= 0.3 is 0 Å². The zero-order valence-electron chi connectivity index (χ0n) is 12.7. The van der Waals surface area contributed by atoms with E-state index in [-0.39, 0.29) is 12.1 Å². The second-order valence-electron chi connectivity index (χ2n) is 6.42. The number of hydrogen-bond donors (Lipinski definition) is 2. The predicted molar refractivity (Wildman–Crippen MR) is 77.8 cm³/mol. The van der Waals surface area contributed by atoms with E-state index < -0.39 is 0 Å². The van der Waals surface area contributed by atoms with Gasteiger partial charge in [-0.2, -0.15) is 0 Å². The second-order valence-corrected chi connectivity index (χ2v) is 6.42. The van der Waals surface area contributed by atoms with Crippen molar-refractivity contribution in [1.29, 1.82) is 0 Å². The van der Waals surface area contributed by atoms with Crippen LogP contribution in [0.3, 0.4) is 0 Å². The summed E-state index contributed by atoms with van der Waals surface area (Å²) in [6.07, 6.45) is 6.25. The molecule has 0 amide bonds. The van der Waals surface area contributed by atoms with Gasteiger partial charge in [-0.3, -0.25) is 0 Å². The maximum absolute atomic E-state index is 9.34. The number of likely N-dealkylation sites (tertiary alicyclic amines) is 1. The van der Waals surface area contributed by atoms with Crippen LogP contribution in [0.1, 0.15) is 52.9 Å². The number of nitrogens with zero attached hydrogens (tertiary/aromatic N) is 1. The molecule has 1 rings (SSSR count). The largest absolute Gasteiger partial charge is 0.394 e. The van der Waals surface area contributed by atoms with Gasteiger partial charge in [-0.05, 0) is 58.7 Å². The summed E-state index contributed by atoms with van der Waals surface area (Å²) in [5.41, 5.74) is -0.0948. The fourth-order valence-corrected chi connectivity index (χ4v) is 3.00. The number of unbranched alkanes of at least 4 members (excludes halogenated alkanes) is 1. The Kier molecular flexibility index (Phi) is 6.61. The van der Waals surface area contributed by atoms with Crippen molar-refractivity contribution in [1.82, 2.24) is 10.2 Å². The molecule has 1 aliphatic heterocycles. The Balaban J connectivity index is 2.21. The smallest absolute Gasteiger partial charge is 0.0610 e. The molecular weight excluding hydrogens is 224 g/mol. The van der Waals surface area contributed by atoms with Gasteiger partial charge in [0.2, 0.25) is 0 Å². The van der Waals surface area contributed by atoms with Gasteiger partial charge in [-0.25, -0.2) is 0 Å². The minimum atomic E-state index is -0.0948. The first-order valence-electron chi connectivity index (χ1n) is 7.56. The summed E-state index contributed by atoms with van der Waals surface area (Å²) in [5, 5.41) is 12.6. The van der Waals surface area contributed by atoms with Crippen molar-refractivity contribution < 1.29 is 5.11 Å². The van der Waals surface area contributed by atoms with Crippen molar-refractivity contribution in [2.24, 2.45) is 5.92 Å². The molecule has 0 aliphatic carbocycles. The zero-order valence-corrected chi connectivity index (χ0v) is 12.7. The lowest BCUT2D eigenvalue weighted by Crippen LogP contribution is -2.43. The molecule has 3 nitrogen and oxygen atoms in total. The van der Waals surface area contributed by atoms with Crippen LogP contribution in [0.15, 0.2) is 0 Å². The molecule has 0 aromatic heterocycles. The van der Waals surface area contributed by atoms with Crippen LogP contribution in [0.5, 0.6) is 0 Å². The van der Waals surface area contributed by atoms with Crippen LogP contribution in [0.4, 0.5) is 0 Å². The highest BCUT2D eigenvalue weighted by atomic mass is 16.3. The van der Waals surface area contributed by atoms with Gasteiger partial charge < -0.3 is 15.3 Å². The van der Waals surface area contributed by atoms with E-state index in [4.69, 9.17) is 0 Å². The third-order valence-corrected chi connectivity index (χ3v) is 4.56. The van der Waals surface area contributed by atoms with Crippen molar-refractivity contribution in [3.63, 3.8) is 0 Å². The first-order valence-corrected chi connectivity index (χ1v) is 7.56. The normalized spacial score (nSPS) is 24.7. The number of aliphatic hydroxyl groups is 1. The molecule has 0 radical (unpaired) electrons.